The van der Waals surface area contributed by atoms with E-state index < -0.39 is 0 Å². The molecule has 2 aromatic rings. The summed E-state index contributed by atoms with van der Waals surface area (Å²) >= 11 is 0. The lowest BCUT2D eigenvalue weighted by atomic mass is 9.74. The Hall–Kier alpha value is -2.81. The number of anilines is 1. The lowest BCUT2D eigenvalue weighted by Crippen LogP contribution is -2.27. The fourth-order valence-electron chi connectivity index (χ4n) is 3.67. The number of aryl methyl sites for hydroxylation is 2. The third-order valence-corrected chi connectivity index (χ3v) is 4.80. The van der Waals surface area contributed by atoms with E-state index >= 15 is 0 Å². The van der Waals surface area contributed by atoms with E-state index in [-0.39, 0.29) is 17.6 Å². The van der Waals surface area contributed by atoms with Gasteiger partial charge in [-0.25, -0.2) is 0 Å². The normalized spacial score (nSPS) is 21.6. The summed E-state index contributed by atoms with van der Waals surface area (Å²) in [6.45, 7) is 4.12. The van der Waals surface area contributed by atoms with Gasteiger partial charge in [-0.2, -0.15) is 0 Å². The smallest absolute Gasteiger partial charge is 0.181 e. The molecule has 3 heteroatoms. The van der Waals surface area contributed by atoms with Crippen molar-refractivity contribution in [1.82, 2.24) is 0 Å². The van der Waals surface area contributed by atoms with E-state index in [9.17, 15) is 4.79 Å². The molecule has 24 heavy (non-hydrogen) atoms. The summed E-state index contributed by atoms with van der Waals surface area (Å²) in [5, 5.41) is 0. The number of nitrogens with two attached hydrogens (primary N) is 1. The molecule has 1 aliphatic carbocycles. The van der Waals surface area contributed by atoms with Gasteiger partial charge >= 0.3 is 0 Å². The highest BCUT2D eigenvalue weighted by molar-refractivity contribution is 6.00. The van der Waals surface area contributed by atoms with Gasteiger partial charge in [0.15, 0.2) is 5.78 Å². The minimum absolute atomic E-state index is 0.0230. The minimum Gasteiger partial charge on any atom is -0.461 e. The largest absolute Gasteiger partial charge is 0.461 e. The maximum atomic E-state index is 11.8. The van der Waals surface area contributed by atoms with E-state index in [1.165, 1.54) is 5.56 Å². The van der Waals surface area contributed by atoms with Gasteiger partial charge < -0.3 is 10.5 Å². The molecular formula is C21H19NO2. The van der Waals surface area contributed by atoms with Crippen molar-refractivity contribution in [1.29, 1.82) is 0 Å². The van der Waals surface area contributed by atoms with Crippen LogP contribution in [-0.2, 0) is 4.79 Å². The van der Waals surface area contributed by atoms with Crippen LogP contribution in [0.2, 0.25) is 0 Å². The number of rotatable bonds is 1. The van der Waals surface area contributed by atoms with E-state index in [4.69, 9.17) is 10.5 Å². The average Bonchev–Trinajstić information content (AvgIpc) is 2.53. The fraction of sp³-hybridized carbons (Fsp3) is 0.190. The first-order valence-corrected chi connectivity index (χ1v) is 8.11. The molecule has 0 saturated carbocycles. The highest BCUT2D eigenvalue weighted by Gasteiger charge is 2.36. The van der Waals surface area contributed by atoms with Crippen LogP contribution in [0.15, 0.2) is 60.4 Å². The Balaban J connectivity index is 1.94. The Kier molecular flexibility index (Phi) is 3.31. The van der Waals surface area contributed by atoms with Gasteiger partial charge in [-0.05, 0) is 54.8 Å². The first-order chi connectivity index (χ1) is 11.5. The van der Waals surface area contributed by atoms with E-state index in [2.05, 4.69) is 25.1 Å². The van der Waals surface area contributed by atoms with Crippen molar-refractivity contribution >= 4 is 11.5 Å². The van der Waals surface area contributed by atoms with Gasteiger partial charge in [0.2, 0.25) is 0 Å². The second kappa shape index (κ2) is 5.38. The monoisotopic (exact) mass is 317 g/mol. The van der Waals surface area contributed by atoms with E-state index in [1.807, 2.05) is 31.2 Å². The second-order valence-electron chi connectivity index (χ2n) is 6.57. The molecule has 0 amide bonds. The molecule has 120 valence electrons. The Morgan fingerprint density at radius 2 is 1.83 bits per heavy atom. The van der Waals surface area contributed by atoms with E-state index in [0.717, 1.165) is 33.9 Å². The van der Waals surface area contributed by atoms with Gasteiger partial charge in [0, 0.05) is 29.2 Å². The maximum absolute atomic E-state index is 11.8. The SMILES string of the molecule is Cc1ccc2c(c1)OC1=CC(=O)C=CC1C2c1ccc(N)cc1C. The summed E-state index contributed by atoms with van der Waals surface area (Å²) in [4.78, 5) is 11.8. The molecule has 0 spiro atoms. The second-order valence-corrected chi connectivity index (χ2v) is 6.57. The minimum atomic E-state index is -0.0230. The lowest BCUT2D eigenvalue weighted by Gasteiger charge is -2.36. The Morgan fingerprint density at radius 3 is 2.62 bits per heavy atom. The zero-order valence-corrected chi connectivity index (χ0v) is 13.7. The lowest BCUT2D eigenvalue weighted by molar-refractivity contribution is -0.110. The Bertz CT molecular complexity index is 908. The summed E-state index contributed by atoms with van der Waals surface area (Å²) in [7, 11) is 0. The summed E-state index contributed by atoms with van der Waals surface area (Å²) in [6.07, 6.45) is 5.20. The number of nitrogen functional groups attached to an aromatic ring is 1. The van der Waals surface area contributed by atoms with Gasteiger partial charge in [0.1, 0.15) is 11.5 Å². The van der Waals surface area contributed by atoms with Gasteiger partial charge in [0.05, 0.1) is 0 Å². The zero-order chi connectivity index (χ0) is 16.8. The van der Waals surface area contributed by atoms with Crippen LogP contribution in [0.3, 0.4) is 0 Å². The topological polar surface area (TPSA) is 52.3 Å². The third kappa shape index (κ3) is 2.33. The van der Waals surface area contributed by atoms with Crippen molar-refractivity contribution in [2.75, 3.05) is 5.73 Å². The molecule has 1 aliphatic heterocycles. The molecule has 2 aliphatic rings. The van der Waals surface area contributed by atoms with Crippen LogP contribution in [-0.4, -0.2) is 5.78 Å². The highest BCUT2D eigenvalue weighted by Crippen LogP contribution is 2.48. The number of hydrogen-bond acceptors (Lipinski definition) is 3. The van der Waals surface area contributed by atoms with Gasteiger partial charge in [-0.1, -0.05) is 24.3 Å². The van der Waals surface area contributed by atoms with Crippen LogP contribution in [0, 0.1) is 19.8 Å². The number of allylic oxidation sites excluding steroid dienone is 3. The number of benzene rings is 2. The number of fused-ring (bicyclic) bond motifs is 2. The first-order valence-electron chi connectivity index (χ1n) is 8.11. The van der Waals surface area contributed by atoms with Crippen molar-refractivity contribution in [3.05, 3.63) is 82.6 Å². The van der Waals surface area contributed by atoms with Crippen molar-refractivity contribution < 1.29 is 9.53 Å². The molecule has 0 radical (unpaired) electrons. The molecule has 0 saturated heterocycles. The Morgan fingerprint density at radius 1 is 1.04 bits per heavy atom. The molecule has 1 heterocycles. The molecule has 2 atom stereocenters. The van der Waals surface area contributed by atoms with Crippen molar-refractivity contribution in [3.8, 4) is 5.75 Å². The summed E-state index contributed by atoms with van der Waals surface area (Å²) in [6, 6.07) is 12.3. The molecule has 3 nitrogen and oxygen atoms in total. The molecule has 2 N–H and O–H groups in total. The number of carbonyl (C=O) groups excluding carboxylic acids is 1. The summed E-state index contributed by atoms with van der Waals surface area (Å²) < 4.78 is 6.07. The Labute approximate surface area is 141 Å². The summed E-state index contributed by atoms with van der Waals surface area (Å²) in [5.74, 6) is 1.68. The van der Waals surface area contributed by atoms with Crippen LogP contribution in [0.4, 0.5) is 5.69 Å². The van der Waals surface area contributed by atoms with Crippen molar-refractivity contribution in [2.45, 2.75) is 19.8 Å². The van der Waals surface area contributed by atoms with Gasteiger partial charge in [0.25, 0.3) is 0 Å². The number of carbonyl (C=O) groups is 1. The van der Waals surface area contributed by atoms with E-state index in [1.54, 1.807) is 12.2 Å². The van der Waals surface area contributed by atoms with Gasteiger partial charge in [-0.15, -0.1) is 0 Å². The quantitative estimate of drug-likeness (QED) is 0.807. The van der Waals surface area contributed by atoms with Crippen LogP contribution in [0.25, 0.3) is 0 Å². The van der Waals surface area contributed by atoms with Crippen LogP contribution in [0.1, 0.15) is 28.2 Å². The van der Waals surface area contributed by atoms with Crippen LogP contribution >= 0.6 is 0 Å². The average molecular weight is 317 g/mol. The van der Waals surface area contributed by atoms with Gasteiger partial charge in [-0.3, -0.25) is 4.79 Å². The predicted octanol–water partition coefficient (Wildman–Crippen LogP) is 4.05. The molecular weight excluding hydrogens is 298 g/mol. The number of hydrogen-bond donors (Lipinski definition) is 1. The fourth-order valence-corrected chi connectivity index (χ4v) is 3.67. The molecule has 4 rings (SSSR count). The zero-order valence-electron chi connectivity index (χ0n) is 13.7. The number of ketones is 1. The predicted molar refractivity (Wildman–Crippen MR) is 95.0 cm³/mol. The third-order valence-electron chi connectivity index (χ3n) is 4.80. The van der Waals surface area contributed by atoms with Crippen molar-refractivity contribution in [2.24, 2.45) is 5.92 Å². The van der Waals surface area contributed by atoms with Crippen LogP contribution < -0.4 is 10.5 Å². The molecule has 0 aromatic heterocycles. The summed E-state index contributed by atoms with van der Waals surface area (Å²) in [5.41, 5.74) is 11.3. The molecule has 0 fully saturated rings. The number of ether oxygens (including phenoxy) is 1. The molecule has 0 bridgehead atoms. The first kappa shape index (κ1) is 14.8. The van der Waals surface area contributed by atoms with Crippen LogP contribution in [0.5, 0.6) is 5.75 Å². The van der Waals surface area contributed by atoms with Crippen molar-refractivity contribution in [3.63, 3.8) is 0 Å². The highest BCUT2D eigenvalue weighted by atomic mass is 16.5. The standard InChI is InChI=1S/C21H19NO2/c1-12-3-6-17-19(9-12)24-20-11-15(23)5-8-18(20)21(17)16-7-4-14(22)10-13(16)2/h3-11,18,21H,22H2,1-2H3. The molecule has 2 unspecified atom stereocenters. The van der Waals surface area contributed by atoms with E-state index in [0.29, 0.717) is 0 Å². The maximum Gasteiger partial charge on any atom is 0.181 e. The molecule has 2 aromatic carbocycles.